The quantitative estimate of drug-likeness (QED) is 0.308. The van der Waals surface area contributed by atoms with Gasteiger partial charge in [-0.2, -0.15) is 0 Å². The number of amides is 2. The first-order chi connectivity index (χ1) is 18.6. The summed E-state index contributed by atoms with van der Waals surface area (Å²) in [6, 6.07) is 23.2. The van der Waals surface area contributed by atoms with E-state index in [1.165, 1.54) is 17.0 Å². The number of nitrogens with zero attached hydrogens (tertiary/aromatic N) is 2. The monoisotopic (exact) mass is 569 g/mol. The number of hydrogen-bond acceptors (Lipinski definition) is 4. The van der Waals surface area contributed by atoms with Gasteiger partial charge in [-0.1, -0.05) is 80.9 Å². The van der Waals surface area contributed by atoms with Crippen LogP contribution in [0.3, 0.4) is 0 Å². The van der Waals surface area contributed by atoms with Gasteiger partial charge < -0.3 is 10.2 Å². The third-order valence-electron chi connectivity index (χ3n) is 6.28. The Hall–Kier alpha value is -3.36. The molecule has 0 aliphatic carbocycles. The van der Waals surface area contributed by atoms with Gasteiger partial charge in [-0.25, -0.2) is 8.42 Å². The van der Waals surface area contributed by atoms with Gasteiger partial charge in [-0.3, -0.25) is 13.9 Å². The molecule has 208 valence electrons. The second-order valence-corrected chi connectivity index (χ2v) is 12.0. The molecule has 0 unspecified atom stereocenters. The molecule has 0 saturated heterocycles. The van der Waals surface area contributed by atoms with E-state index in [2.05, 4.69) is 5.32 Å². The van der Waals surface area contributed by atoms with Gasteiger partial charge in [-0.15, -0.1) is 0 Å². The smallest absolute Gasteiger partial charge is 0.264 e. The molecule has 0 fully saturated rings. The zero-order valence-electron chi connectivity index (χ0n) is 22.6. The molecular weight excluding hydrogens is 534 g/mol. The van der Waals surface area contributed by atoms with E-state index in [0.29, 0.717) is 30.1 Å². The summed E-state index contributed by atoms with van der Waals surface area (Å²) in [6.45, 7) is 6.11. The lowest BCUT2D eigenvalue weighted by Gasteiger charge is -2.33. The Morgan fingerprint density at radius 2 is 1.49 bits per heavy atom. The van der Waals surface area contributed by atoms with Gasteiger partial charge in [0.15, 0.2) is 0 Å². The Bertz CT molecular complexity index is 1320. The molecular formula is C30H36ClN3O4S. The lowest BCUT2D eigenvalue weighted by molar-refractivity contribution is -0.139. The van der Waals surface area contributed by atoms with Crippen molar-refractivity contribution in [2.24, 2.45) is 5.92 Å². The lowest BCUT2D eigenvalue weighted by atomic mass is 10.1. The maximum Gasteiger partial charge on any atom is 0.264 e. The van der Waals surface area contributed by atoms with Crippen LogP contribution in [0, 0.1) is 5.92 Å². The molecule has 3 aromatic carbocycles. The summed E-state index contributed by atoms with van der Waals surface area (Å²) in [5.41, 5.74) is 1.32. The van der Waals surface area contributed by atoms with E-state index in [4.69, 9.17) is 11.6 Å². The van der Waals surface area contributed by atoms with Gasteiger partial charge in [0.25, 0.3) is 10.0 Å². The zero-order valence-corrected chi connectivity index (χ0v) is 24.2. The van der Waals surface area contributed by atoms with Crippen molar-refractivity contribution in [3.8, 4) is 0 Å². The van der Waals surface area contributed by atoms with Crippen LogP contribution >= 0.6 is 11.6 Å². The molecule has 1 atom stereocenters. The molecule has 0 heterocycles. The molecule has 0 aromatic heterocycles. The third kappa shape index (κ3) is 8.31. The van der Waals surface area contributed by atoms with Crippen molar-refractivity contribution < 1.29 is 18.0 Å². The highest BCUT2D eigenvalue weighted by Crippen LogP contribution is 2.26. The Balaban J connectivity index is 1.97. The Kier molecular flexibility index (Phi) is 10.9. The minimum Gasteiger partial charge on any atom is -0.354 e. The fourth-order valence-corrected chi connectivity index (χ4v) is 5.74. The molecule has 0 aliphatic heterocycles. The number of halogens is 1. The van der Waals surface area contributed by atoms with Crippen LogP contribution in [0.25, 0.3) is 0 Å². The fraction of sp³-hybridized carbons (Fsp3) is 0.333. The summed E-state index contributed by atoms with van der Waals surface area (Å²) in [7, 11) is -4.09. The number of anilines is 1. The largest absolute Gasteiger partial charge is 0.354 e. The summed E-state index contributed by atoms with van der Waals surface area (Å²) in [5.74, 6) is -0.472. The highest BCUT2D eigenvalue weighted by atomic mass is 35.5. The van der Waals surface area contributed by atoms with Crippen LogP contribution in [0.5, 0.6) is 0 Å². The number of benzene rings is 3. The summed E-state index contributed by atoms with van der Waals surface area (Å²) in [4.78, 5) is 28.7. The summed E-state index contributed by atoms with van der Waals surface area (Å²) in [5, 5.41) is 3.38. The molecule has 0 saturated carbocycles. The number of rotatable bonds is 13. The summed E-state index contributed by atoms with van der Waals surface area (Å²) < 4.78 is 28.6. The van der Waals surface area contributed by atoms with Crippen molar-refractivity contribution in [3.05, 3.63) is 95.5 Å². The Labute approximate surface area is 236 Å². The van der Waals surface area contributed by atoms with Crippen LogP contribution in [-0.2, 0) is 26.0 Å². The summed E-state index contributed by atoms with van der Waals surface area (Å²) in [6.07, 6.45) is 0.907. The first-order valence-electron chi connectivity index (χ1n) is 13.1. The molecule has 39 heavy (non-hydrogen) atoms. The molecule has 0 aliphatic rings. The highest BCUT2D eigenvalue weighted by Gasteiger charge is 2.33. The molecule has 1 N–H and O–H groups in total. The second kappa shape index (κ2) is 14.1. The molecule has 0 radical (unpaired) electrons. The first-order valence-corrected chi connectivity index (χ1v) is 14.9. The zero-order chi connectivity index (χ0) is 28.4. The van der Waals surface area contributed by atoms with Crippen molar-refractivity contribution in [2.45, 2.75) is 44.6 Å². The average Bonchev–Trinajstić information content (AvgIpc) is 2.94. The SMILES string of the molecule is CC[C@@H](C(=O)NCC(C)C)N(CCc1ccccc1)C(=O)CN(c1ccc(Cl)cc1)S(=O)(=O)c1ccccc1. The number of hydrogen-bond donors (Lipinski definition) is 1. The number of carbonyl (C=O) groups is 2. The minimum absolute atomic E-state index is 0.0605. The molecule has 0 spiro atoms. The van der Waals surface area contributed by atoms with E-state index in [1.54, 1.807) is 42.5 Å². The van der Waals surface area contributed by atoms with Gasteiger partial charge in [-0.05, 0) is 60.7 Å². The van der Waals surface area contributed by atoms with Crippen LogP contribution in [0.15, 0.2) is 89.8 Å². The summed E-state index contributed by atoms with van der Waals surface area (Å²) >= 11 is 6.06. The molecule has 3 rings (SSSR count). The highest BCUT2D eigenvalue weighted by molar-refractivity contribution is 7.92. The number of sulfonamides is 1. The van der Waals surface area contributed by atoms with Crippen molar-refractivity contribution >= 4 is 39.1 Å². The number of nitrogens with one attached hydrogen (secondary N) is 1. The van der Waals surface area contributed by atoms with Crippen LogP contribution < -0.4 is 9.62 Å². The molecule has 7 nitrogen and oxygen atoms in total. The van der Waals surface area contributed by atoms with Crippen molar-refractivity contribution in [1.82, 2.24) is 10.2 Å². The average molecular weight is 570 g/mol. The minimum atomic E-state index is -4.09. The molecule has 0 bridgehead atoms. The van der Waals surface area contributed by atoms with Gasteiger partial charge >= 0.3 is 0 Å². The first kappa shape index (κ1) is 30.2. The van der Waals surface area contributed by atoms with E-state index in [9.17, 15) is 18.0 Å². The van der Waals surface area contributed by atoms with Crippen LogP contribution in [0.2, 0.25) is 5.02 Å². The van der Waals surface area contributed by atoms with Gasteiger partial charge in [0.05, 0.1) is 10.6 Å². The molecule has 9 heteroatoms. The predicted molar refractivity (Wildman–Crippen MR) is 156 cm³/mol. The van der Waals surface area contributed by atoms with E-state index < -0.39 is 28.5 Å². The van der Waals surface area contributed by atoms with E-state index in [-0.39, 0.29) is 23.3 Å². The van der Waals surface area contributed by atoms with Crippen LogP contribution in [0.4, 0.5) is 5.69 Å². The van der Waals surface area contributed by atoms with Crippen molar-refractivity contribution in [3.63, 3.8) is 0 Å². The van der Waals surface area contributed by atoms with E-state index >= 15 is 0 Å². The van der Waals surface area contributed by atoms with Crippen molar-refractivity contribution in [2.75, 3.05) is 23.9 Å². The Morgan fingerprint density at radius 3 is 2.05 bits per heavy atom. The van der Waals surface area contributed by atoms with Crippen LogP contribution in [-0.4, -0.2) is 50.8 Å². The fourth-order valence-electron chi connectivity index (χ4n) is 4.17. The van der Waals surface area contributed by atoms with Crippen LogP contribution in [0.1, 0.15) is 32.8 Å². The lowest BCUT2D eigenvalue weighted by Crippen LogP contribution is -2.53. The Morgan fingerprint density at radius 1 is 0.897 bits per heavy atom. The molecule has 2 amide bonds. The van der Waals surface area contributed by atoms with Gasteiger partial charge in [0.2, 0.25) is 11.8 Å². The number of carbonyl (C=O) groups excluding carboxylic acids is 2. The van der Waals surface area contributed by atoms with Gasteiger partial charge in [0.1, 0.15) is 12.6 Å². The van der Waals surface area contributed by atoms with Crippen molar-refractivity contribution in [1.29, 1.82) is 0 Å². The third-order valence-corrected chi connectivity index (χ3v) is 8.32. The topological polar surface area (TPSA) is 86.8 Å². The normalized spacial score (nSPS) is 12.1. The van der Waals surface area contributed by atoms with E-state index in [0.717, 1.165) is 9.87 Å². The maximum atomic E-state index is 13.9. The maximum absolute atomic E-state index is 13.9. The molecule has 3 aromatic rings. The van der Waals surface area contributed by atoms with E-state index in [1.807, 2.05) is 51.1 Å². The standard InChI is InChI=1S/C30H36ClN3O4S/c1-4-28(30(36)32-21-23(2)3)33(20-19-24-11-7-5-8-12-24)29(35)22-34(26-17-15-25(31)16-18-26)39(37,38)27-13-9-6-10-14-27/h5-18,23,28H,4,19-22H2,1-3H3,(H,32,36)/t28-/m0/s1. The van der Waals surface area contributed by atoms with Gasteiger partial charge in [0, 0.05) is 18.1 Å². The predicted octanol–water partition coefficient (Wildman–Crippen LogP) is 5.16. The second-order valence-electron chi connectivity index (χ2n) is 9.69.